The second-order valence-corrected chi connectivity index (χ2v) is 4.25. The van der Waals surface area contributed by atoms with Gasteiger partial charge in [-0.05, 0) is 12.8 Å². The predicted molar refractivity (Wildman–Crippen MR) is 73.4 cm³/mol. The molecular weight excluding hydrogens is 228 g/mol. The van der Waals surface area contributed by atoms with E-state index in [0.29, 0.717) is 12.5 Å². The summed E-state index contributed by atoms with van der Waals surface area (Å²) in [6.45, 7) is 8.84. The molecule has 0 amide bonds. The number of nitrogens with zero attached hydrogens (tertiary/aromatic N) is 2. The summed E-state index contributed by atoms with van der Waals surface area (Å²) in [5, 5.41) is 10.4. The van der Waals surface area contributed by atoms with Crippen molar-refractivity contribution in [2.75, 3.05) is 13.1 Å². The van der Waals surface area contributed by atoms with Gasteiger partial charge in [-0.3, -0.25) is 0 Å². The van der Waals surface area contributed by atoms with E-state index in [4.69, 9.17) is 4.52 Å². The van der Waals surface area contributed by atoms with Gasteiger partial charge >= 0.3 is 0 Å². The van der Waals surface area contributed by atoms with E-state index in [-0.39, 0.29) is 0 Å². The first-order valence-corrected chi connectivity index (χ1v) is 6.71. The summed E-state index contributed by atoms with van der Waals surface area (Å²) >= 11 is 0. The lowest BCUT2D eigenvalue weighted by atomic mass is 10.0. The van der Waals surface area contributed by atoms with Crippen LogP contribution in [0.5, 0.6) is 0 Å². The van der Waals surface area contributed by atoms with Crippen LogP contribution in [0, 0.1) is 5.92 Å². The first-order chi connectivity index (χ1) is 8.80. The number of nitrogens with one attached hydrogen (secondary N) is 2. The molecule has 0 aromatic carbocycles. The molecule has 1 aromatic heterocycles. The quantitative estimate of drug-likeness (QED) is 0.576. The Bertz CT molecular complexity index is 331. The highest BCUT2D eigenvalue weighted by atomic mass is 16.5. The Hall–Kier alpha value is -1.52. The maximum Gasteiger partial charge on any atom is 0.191 e. The molecule has 0 atom stereocenters. The fourth-order valence-corrected chi connectivity index (χ4v) is 1.64. The van der Waals surface area contributed by atoms with Gasteiger partial charge in [0.15, 0.2) is 5.96 Å². The Balaban J connectivity index is 2.45. The topological polar surface area (TPSA) is 62.5 Å². The highest BCUT2D eigenvalue weighted by Gasteiger charge is 2.05. The van der Waals surface area contributed by atoms with E-state index in [9.17, 15) is 0 Å². The van der Waals surface area contributed by atoms with Crippen molar-refractivity contribution in [1.29, 1.82) is 0 Å². The van der Waals surface area contributed by atoms with E-state index >= 15 is 0 Å². The smallest absolute Gasteiger partial charge is 0.191 e. The van der Waals surface area contributed by atoms with E-state index in [0.717, 1.165) is 24.7 Å². The number of rotatable bonds is 7. The van der Waals surface area contributed by atoms with Gasteiger partial charge in [-0.2, -0.15) is 0 Å². The fourth-order valence-electron chi connectivity index (χ4n) is 1.64. The van der Waals surface area contributed by atoms with Crippen LogP contribution < -0.4 is 10.6 Å². The SMILES string of the molecule is CCNC(=NCc1ccon1)NCC(CC)CC. The van der Waals surface area contributed by atoms with E-state index in [2.05, 4.69) is 41.6 Å². The van der Waals surface area contributed by atoms with Crippen LogP contribution in [-0.4, -0.2) is 24.2 Å². The Morgan fingerprint density at radius 3 is 2.67 bits per heavy atom. The van der Waals surface area contributed by atoms with Crippen LogP contribution >= 0.6 is 0 Å². The average molecular weight is 252 g/mol. The molecule has 0 aliphatic heterocycles. The number of hydrogen-bond donors (Lipinski definition) is 2. The lowest BCUT2D eigenvalue weighted by Gasteiger charge is -2.16. The van der Waals surface area contributed by atoms with Gasteiger partial charge in [0.05, 0.1) is 6.54 Å². The van der Waals surface area contributed by atoms with Gasteiger partial charge in [-0.15, -0.1) is 0 Å². The summed E-state index contributed by atoms with van der Waals surface area (Å²) in [7, 11) is 0. The summed E-state index contributed by atoms with van der Waals surface area (Å²) in [6.07, 6.45) is 3.94. The highest BCUT2D eigenvalue weighted by molar-refractivity contribution is 5.79. The third-order valence-corrected chi connectivity index (χ3v) is 2.95. The van der Waals surface area contributed by atoms with Crippen molar-refractivity contribution in [1.82, 2.24) is 15.8 Å². The van der Waals surface area contributed by atoms with Crippen LogP contribution in [0.1, 0.15) is 39.3 Å². The minimum atomic E-state index is 0.536. The molecular formula is C13H24N4O. The second-order valence-electron chi connectivity index (χ2n) is 4.25. The van der Waals surface area contributed by atoms with Gasteiger partial charge < -0.3 is 15.2 Å². The lowest BCUT2D eigenvalue weighted by molar-refractivity contribution is 0.412. The van der Waals surface area contributed by atoms with Crippen LogP contribution in [0.3, 0.4) is 0 Å². The number of hydrogen-bond acceptors (Lipinski definition) is 3. The second kappa shape index (κ2) is 8.55. The first-order valence-electron chi connectivity index (χ1n) is 6.71. The molecule has 0 saturated heterocycles. The molecule has 18 heavy (non-hydrogen) atoms. The molecule has 0 spiro atoms. The molecule has 1 heterocycles. The summed E-state index contributed by atoms with van der Waals surface area (Å²) in [5.41, 5.74) is 0.842. The summed E-state index contributed by atoms with van der Waals surface area (Å²) in [6, 6.07) is 1.83. The van der Waals surface area contributed by atoms with Crippen molar-refractivity contribution in [3.63, 3.8) is 0 Å². The highest BCUT2D eigenvalue weighted by Crippen LogP contribution is 2.05. The minimum absolute atomic E-state index is 0.536. The average Bonchev–Trinajstić information content (AvgIpc) is 2.90. The van der Waals surface area contributed by atoms with Crippen LogP contribution in [0.15, 0.2) is 21.8 Å². The number of guanidine groups is 1. The van der Waals surface area contributed by atoms with Crippen molar-refractivity contribution >= 4 is 5.96 Å². The van der Waals surface area contributed by atoms with Crippen molar-refractivity contribution in [3.05, 3.63) is 18.0 Å². The Labute approximate surface area is 109 Å². The largest absolute Gasteiger partial charge is 0.364 e. The maximum absolute atomic E-state index is 4.78. The zero-order valence-corrected chi connectivity index (χ0v) is 11.6. The molecule has 0 fully saturated rings. The third kappa shape index (κ3) is 5.21. The van der Waals surface area contributed by atoms with E-state index in [1.165, 1.54) is 12.8 Å². The molecule has 0 radical (unpaired) electrons. The van der Waals surface area contributed by atoms with Crippen LogP contribution in [0.2, 0.25) is 0 Å². The Kier molecular flexibility index (Phi) is 6.91. The Morgan fingerprint density at radius 2 is 2.11 bits per heavy atom. The normalized spacial score (nSPS) is 11.9. The van der Waals surface area contributed by atoms with Gasteiger partial charge in [-0.1, -0.05) is 31.8 Å². The first kappa shape index (κ1) is 14.5. The molecule has 5 nitrogen and oxygen atoms in total. The summed E-state index contributed by atoms with van der Waals surface area (Å²) < 4.78 is 4.78. The van der Waals surface area contributed by atoms with Gasteiger partial charge in [0.25, 0.3) is 0 Å². The molecule has 102 valence electrons. The van der Waals surface area contributed by atoms with Crippen LogP contribution in [0.4, 0.5) is 0 Å². The van der Waals surface area contributed by atoms with Crippen molar-refractivity contribution in [3.8, 4) is 0 Å². The van der Waals surface area contributed by atoms with Crippen LogP contribution in [0.25, 0.3) is 0 Å². The minimum Gasteiger partial charge on any atom is -0.364 e. The van der Waals surface area contributed by atoms with E-state index < -0.39 is 0 Å². The van der Waals surface area contributed by atoms with E-state index in [1.807, 2.05) is 6.07 Å². The molecule has 0 unspecified atom stereocenters. The molecule has 5 heteroatoms. The molecule has 1 rings (SSSR count). The van der Waals surface area contributed by atoms with Crippen molar-refractivity contribution in [2.24, 2.45) is 10.9 Å². The van der Waals surface area contributed by atoms with Gasteiger partial charge in [0, 0.05) is 19.2 Å². The monoisotopic (exact) mass is 252 g/mol. The molecule has 0 saturated carbocycles. The number of aromatic nitrogens is 1. The zero-order valence-electron chi connectivity index (χ0n) is 11.6. The standard InChI is InChI=1S/C13H24N4O/c1-4-11(5-2)9-15-13(14-6-3)16-10-12-7-8-18-17-12/h7-8,11H,4-6,9-10H2,1-3H3,(H2,14,15,16). The zero-order chi connectivity index (χ0) is 13.2. The van der Waals surface area contributed by atoms with Crippen molar-refractivity contribution in [2.45, 2.75) is 40.2 Å². The Morgan fingerprint density at radius 1 is 1.33 bits per heavy atom. The van der Waals surface area contributed by atoms with Crippen LogP contribution in [-0.2, 0) is 6.54 Å². The molecule has 0 bridgehead atoms. The summed E-state index contributed by atoms with van der Waals surface area (Å²) in [5.74, 6) is 1.54. The lowest BCUT2D eigenvalue weighted by Crippen LogP contribution is -2.39. The third-order valence-electron chi connectivity index (χ3n) is 2.95. The predicted octanol–water partition coefficient (Wildman–Crippen LogP) is 2.17. The summed E-state index contributed by atoms with van der Waals surface area (Å²) in [4.78, 5) is 4.47. The molecule has 0 aliphatic carbocycles. The van der Waals surface area contributed by atoms with E-state index in [1.54, 1.807) is 6.26 Å². The fraction of sp³-hybridized carbons (Fsp3) is 0.692. The van der Waals surface area contributed by atoms with Gasteiger partial charge in [0.2, 0.25) is 0 Å². The number of aliphatic imine (C=N–C) groups is 1. The van der Waals surface area contributed by atoms with Crippen molar-refractivity contribution < 1.29 is 4.52 Å². The van der Waals surface area contributed by atoms with Gasteiger partial charge in [-0.25, -0.2) is 4.99 Å². The molecule has 2 N–H and O–H groups in total. The maximum atomic E-state index is 4.78. The molecule has 1 aromatic rings. The van der Waals surface area contributed by atoms with Gasteiger partial charge in [0.1, 0.15) is 12.0 Å². The molecule has 0 aliphatic rings.